The minimum absolute atomic E-state index is 0.160. The van der Waals surface area contributed by atoms with Crippen LogP contribution >= 0.6 is 11.6 Å². The van der Waals surface area contributed by atoms with Gasteiger partial charge in [-0.15, -0.1) is 11.6 Å². The Balaban J connectivity index is 2.36. The lowest BCUT2D eigenvalue weighted by Crippen LogP contribution is -2.34. The van der Waals surface area contributed by atoms with Crippen molar-refractivity contribution in [2.45, 2.75) is 32.3 Å². The summed E-state index contributed by atoms with van der Waals surface area (Å²) < 4.78 is 0. The molecular formula is C10H18ClNO2. The van der Waals surface area contributed by atoms with E-state index >= 15 is 0 Å². The number of alkyl halides is 1. The van der Waals surface area contributed by atoms with Crippen molar-refractivity contribution >= 4 is 17.5 Å². The van der Waals surface area contributed by atoms with Crippen molar-refractivity contribution < 1.29 is 9.90 Å². The SMILES string of the molecule is CCCC1CC(=O)N(CC(O)CCl)C1. The summed E-state index contributed by atoms with van der Waals surface area (Å²) in [7, 11) is 0. The van der Waals surface area contributed by atoms with E-state index in [1.54, 1.807) is 4.90 Å². The lowest BCUT2D eigenvalue weighted by molar-refractivity contribution is -0.128. The first kappa shape index (κ1) is 11.8. The van der Waals surface area contributed by atoms with Crippen LogP contribution in [-0.4, -0.2) is 41.0 Å². The lowest BCUT2D eigenvalue weighted by Gasteiger charge is -2.19. The summed E-state index contributed by atoms with van der Waals surface area (Å²) in [4.78, 5) is 13.2. The van der Waals surface area contributed by atoms with Crippen molar-refractivity contribution in [2.24, 2.45) is 5.92 Å². The summed E-state index contributed by atoms with van der Waals surface area (Å²) in [6, 6.07) is 0. The van der Waals surface area contributed by atoms with E-state index in [-0.39, 0.29) is 11.8 Å². The summed E-state index contributed by atoms with van der Waals surface area (Å²) in [5, 5.41) is 9.33. The molecule has 3 nitrogen and oxygen atoms in total. The number of nitrogens with zero attached hydrogens (tertiary/aromatic N) is 1. The first-order chi connectivity index (χ1) is 6.67. The van der Waals surface area contributed by atoms with Gasteiger partial charge in [-0.05, 0) is 12.3 Å². The molecule has 4 heteroatoms. The standard InChI is InChI=1S/C10H18ClNO2/c1-2-3-8-4-10(14)12(6-8)7-9(13)5-11/h8-9,13H,2-7H2,1H3. The van der Waals surface area contributed by atoms with Gasteiger partial charge in [0.15, 0.2) is 0 Å². The smallest absolute Gasteiger partial charge is 0.223 e. The van der Waals surface area contributed by atoms with E-state index in [4.69, 9.17) is 11.6 Å². The Morgan fingerprint density at radius 3 is 3.00 bits per heavy atom. The molecule has 0 aromatic heterocycles. The fraction of sp³-hybridized carbons (Fsp3) is 0.900. The zero-order valence-electron chi connectivity index (χ0n) is 8.58. The number of aliphatic hydroxyl groups is 1. The molecule has 0 aromatic rings. The second kappa shape index (κ2) is 5.56. The predicted molar refractivity (Wildman–Crippen MR) is 56.3 cm³/mol. The van der Waals surface area contributed by atoms with Crippen LogP contribution in [0, 0.1) is 5.92 Å². The molecule has 2 unspecified atom stereocenters. The van der Waals surface area contributed by atoms with Gasteiger partial charge in [-0.2, -0.15) is 0 Å². The number of hydrogen-bond donors (Lipinski definition) is 1. The van der Waals surface area contributed by atoms with Crippen LogP contribution in [0.3, 0.4) is 0 Å². The number of carbonyl (C=O) groups is 1. The van der Waals surface area contributed by atoms with Gasteiger partial charge in [0.2, 0.25) is 5.91 Å². The Kier molecular flexibility index (Phi) is 4.69. The van der Waals surface area contributed by atoms with E-state index in [1.807, 2.05) is 0 Å². The first-order valence-electron chi connectivity index (χ1n) is 5.19. The minimum Gasteiger partial charge on any atom is -0.390 e. The molecule has 1 saturated heterocycles. The summed E-state index contributed by atoms with van der Waals surface area (Å²) in [6.45, 7) is 3.31. The fourth-order valence-corrected chi connectivity index (χ4v) is 2.03. The Morgan fingerprint density at radius 1 is 1.71 bits per heavy atom. The van der Waals surface area contributed by atoms with E-state index in [0.717, 1.165) is 19.4 Å². The molecule has 0 radical (unpaired) electrons. The number of hydrogen-bond acceptors (Lipinski definition) is 2. The van der Waals surface area contributed by atoms with E-state index in [0.29, 0.717) is 18.9 Å². The Morgan fingerprint density at radius 2 is 2.43 bits per heavy atom. The highest BCUT2D eigenvalue weighted by Crippen LogP contribution is 2.22. The number of aliphatic hydroxyl groups excluding tert-OH is 1. The third-order valence-corrected chi connectivity index (χ3v) is 2.96. The van der Waals surface area contributed by atoms with Gasteiger partial charge in [0, 0.05) is 19.5 Å². The Hall–Kier alpha value is -0.280. The summed E-state index contributed by atoms with van der Waals surface area (Å²) in [5.74, 6) is 0.838. The molecule has 1 aliphatic rings. The predicted octanol–water partition coefficient (Wildman–Crippen LogP) is 1.23. The number of β-amino-alcohol motifs (C(OH)–C–C–N with tert-alkyl or cyclic N) is 1. The van der Waals surface area contributed by atoms with Crippen LogP contribution in [0.15, 0.2) is 0 Å². The van der Waals surface area contributed by atoms with Crippen molar-refractivity contribution in [3.8, 4) is 0 Å². The quantitative estimate of drug-likeness (QED) is 0.707. The molecule has 1 N–H and O–H groups in total. The number of likely N-dealkylation sites (tertiary alicyclic amines) is 1. The van der Waals surface area contributed by atoms with Crippen molar-refractivity contribution in [3.05, 3.63) is 0 Å². The van der Waals surface area contributed by atoms with Gasteiger partial charge in [0.25, 0.3) is 0 Å². The zero-order valence-corrected chi connectivity index (χ0v) is 9.33. The largest absolute Gasteiger partial charge is 0.390 e. The average Bonchev–Trinajstić information content (AvgIpc) is 2.47. The third kappa shape index (κ3) is 3.14. The highest BCUT2D eigenvalue weighted by molar-refractivity contribution is 6.18. The van der Waals surface area contributed by atoms with E-state index in [2.05, 4.69) is 6.92 Å². The van der Waals surface area contributed by atoms with Gasteiger partial charge in [0.1, 0.15) is 0 Å². The molecule has 1 aliphatic heterocycles. The molecule has 14 heavy (non-hydrogen) atoms. The second-order valence-electron chi connectivity index (χ2n) is 3.97. The van der Waals surface area contributed by atoms with Crippen LogP contribution in [0.4, 0.5) is 0 Å². The lowest BCUT2D eigenvalue weighted by atomic mass is 10.0. The van der Waals surface area contributed by atoms with E-state index < -0.39 is 6.10 Å². The highest BCUT2D eigenvalue weighted by Gasteiger charge is 2.29. The molecule has 2 atom stereocenters. The molecule has 1 heterocycles. The Bertz CT molecular complexity index is 199. The van der Waals surface area contributed by atoms with Gasteiger partial charge >= 0.3 is 0 Å². The summed E-state index contributed by atoms with van der Waals surface area (Å²) in [5.41, 5.74) is 0. The van der Waals surface area contributed by atoms with Gasteiger partial charge in [0.05, 0.1) is 12.0 Å². The number of amides is 1. The molecule has 1 fully saturated rings. The van der Waals surface area contributed by atoms with Crippen molar-refractivity contribution in [1.29, 1.82) is 0 Å². The number of rotatable bonds is 5. The molecule has 0 bridgehead atoms. The van der Waals surface area contributed by atoms with Crippen molar-refractivity contribution in [3.63, 3.8) is 0 Å². The molecule has 0 spiro atoms. The fourth-order valence-electron chi connectivity index (χ4n) is 1.94. The van der Waals surface area contributed by atoms with Crippen LogP contribution in [0.25, 0.3) is 0 Å². The minimum atomic E-state index is -0.582. The topological polar surface area (TPSA) is 40.5 Å². The van der Waals surface area contributed by atoms with Crippen LogP contribution in [0.2, 0.25) is 0 Å². The zero-order chi connectivity index (χ0) is 10.6. The van der Waals surface area contributed by atoms with Crippen molar-refractivity contribution in [2.75, 3.05) is 19.0 Å². The Labute approximate surface area is 90.0 Å². The van der Waals surface area contributed by atoms with Crippen LogP contribution in [0.1, 0.15) is 26.2 Å². The highest BCUT2D eigenvalue weighted by atomic mass is 35.5. The maximum Gasteiger partial charge on any atom is 0.223 e. The van der Waals surface area contributed by atoms with Gasteiger partial charge in [-0.1, -0.05) is 13.3 Å². The van der Waals surface area contributed by atoms with Crippen LogP contribution in [-0.2, 0) is 4.79 Å². The number of halogens is 1. The first-order valence-corrected chi connectivity index (χ1v) is 5.72. The molecule has 1 rings (SSSR count). The average molecular weight is 220 g/mol. The van der Waals surface area contributed by atoms with Gasteiger partial charge in [-0.25, -0.2) is 0 Å². The van der Waals surface area contributed by atoms with E-state index in [9.17, 15) is 9.90 Å². The normalized spacial score (nSPS) is 24.4. The molecule has 0 aliphatic carbocycles. The molecule has 0 saturated carbocycles. The molecule has 82 valence electrons. The maximum absolute atomic E-state index is 11.5. The monoisotopic (exact) mass is 219 g/mol. The molecular weight excluding hydrogens is 202 g/mol. The van der Waals surface area contributed by atoms with Crippen LogP contribution in [0.5, 0.6) is 0 Å². The summed E-state index contributed by atoms with van der Waals surface area (Å²) >= 11 is 5.49. The number of carbonyl (C=O) groups excluding carboxylic acids is 1. The van der Waals surface area contributed by atoms with Crippen LogP contribution < -0.4 is 0 Å². The maximum atomic E-state index is 11.5. The van der Waals surface area contributed by atoms with Gasteiger partial charge < -0.3 is 10.0 Å². The summed E-state index contributed by atoms with van der Waals surface area (Å²) in [6.07, 6.45) is 2.27. The molecule has 0 aromatic carbocycles. The van der Waals surface area contributed by atoms with Gasteiger partial charge in [-0.3, -0.25) is 4.79 Å². The third-order valence-electron chi connectivity index (χ3n) is 2.60. The van der Waals surface area contributed by atoms with Crippen molar-refractivity contribution in [1.82, 2.24) is 4.90 Å². The van der Waals surface area contributed by atoms with E-state index in [1.165, 1.54) is 0 Å². The second-order valence-corrected chi connectivity index (χ2v) is 4.27. The molecule has 1 amide bonds.